The summed E-state index contributed by atoms with van der Waals surface area (Å²) in [5, 5.41) is 11.3. The van der Waals surface area contributed by atoms with Crippen LogP contribution >= 0.6 is 0 Å². The molecule has 0 spiro atoms. The molecule has 1 aromatic carbocycles. The van der Waals surface area contributed by atoms with Gasteiger partial charge in [0.2, 0.25) is 5.88 Å². The first kappa shape index (κ1) is 20.8. The van der Waals surface area contributed by atoms with Crippen LogP contribution in [0.1, 0.15) is 57.9 Å². The van der Waals surface area contributed by atoms with E-state index in [4.69, 9.17) is 4.74 Å². The maximum absolute atomic E-state index is 5.76. The summed E-state index contributed by atoms with van der Waals surface area (Å²) in [6, 6.07) is 10.1. The molecule has 4 rings (SSSR count). The van der Waals surface area contributed by atoms with Crippen molar-refractivity contribution in [1.82, 2.24) is 20.0 Å². The number of fused-ring (bicyclic) bond motifs is 3. The number of hydrogen-bond acceptors (Lipinski definition) is 5. The van der Waals surface area contributed by atoms with E-state index in [0.29, 0.717) is 12.5 Å². The van der Waals surface area contributed by atoms with E-state index in [0.717, 1.165) is 28.2 Å². The molecule has 0 unspecified atom stereocenters. The number of ether oxygens (including phenoxy) is 1. The first-order valence-corrected chi connectivity index (χ1v) is 10.6. The van der Waals surface area contributed by atoms with E-state index in [1.165, 1.54) is 38.5 Å². The van der Waals surface area contributed by atoms with Crippen molar-refractivity contribution in [3.63, 3.8) is 0 Å². The van der Waals surface area contributed by atoms with Crippen LogP contribution < -0.4 is 10.1 Å². The number of nitrogens with one attached hydrogen (secondary N) is 1. The minimum absolute atomic E-state index is 0.498. The fourth-order valence-corrected chi connectivity index (χ4v) is 3.33. The molecule has 1 aliphatic rings. The van der Waals surface area contributed by atoms with E-state index in [1.54, 1.807) is 17.2 Å². The van der Waals surface area contributed by atoms with Crippen LogP contribution in [0, 0.1) is 0 Å². The second-order valence-electron chi connectivity index (χ2n) is 7.16. The molecule has 1 aliphatic heterocycles. The van der Waals surface area contributed by atoms with Gasteiger partial charge in [-0.3, -0.25) is 0 Å². The Balaban J connectivity index is 0.000000258. The number of nitrogens with zero attached hydrogens (tertiary/aromatic N) is 4. The average Bonchev–Trinajstić information content (AvgIpc) is 3.31. The van der Waals surface area contributed by atoms with Crippen LogP contribution in [0.15, 0.2) is 42.7 Å². The second kappa shape index (κ2) is 10.6. The zero-order valence-corrected chi connectivity index (χ0v) is 17.7. The van der Waals surface area contributed by atoms with Crippen LogP contribution in [0.4, 0.5) is 5.82 Å². The van der Waals surface area contributed by atoms with Gasteiger partial charge in [0.1, 0.15) is 12.4 Å². The summed E-state index contributed by atoms with van der Waals surface area (Å²) in [7, 11) is 1.84. The van der Waals surface area contributed by atoms with E-state index < -0.39 is 0 Å². The summed E-state index contributed by atoms with van der Waals surface area (Å²) in [5.74, 6) is 1.47. The molecule has 3 aromatic rings. The Morgan fingerprint density at radius 3 is 2.28 bits per heavy atom. The van der Waals surface area contributed by atoms with Crippen LogP contribution in [-0.4, -0.2) is 27.0 Å². The number of anilines is 1. The number of unbranched alkanes of at least 4 members (excludes halogenated alkanes) is 5. The van der Waals surface area contributed by atoms with E-state index in [9.17, 15) is 0 Å². The van der Waals surface area contributed by atoms with E-state index >= 15 is 0 Å². The zero-order chi connectivity index (χ0) is 20.5. The number of hydrogen-bond donors (Lipinski definition) is 1. The van der Waals surface area contributed by atoms with Gasteiger partial charge in [-0.1, -0.05) is 58.4 Å². The molecule has 3 heterocycles. The van der Waals surface area contributed by atoms with Crippen molar-refractivity contribution >= 4 is 5.82 Å². The highest BCUT2D eigenvalue weighted by molar-refractivity contribution is 5.75. The summed E-state index contributed by atoms with van der Waals surface area (Å²) in [5.41, 5.74) is 4.18. The molecule has 0 aliphatic carbocycles. The lowest BCUT2D eigenvalue weighted by atomic mass is 9.98. The van der Waals surface area contributed by atoms with Crippen molar-refractivity contribution in [2.24, 2.45) is 0 Å². The lowest BCUT2D eigenvalue weighted by Gasteiger charge is -2.20. The number of rotatable bonds is 7. The lowest BCUT2D eigenvalue weighted by molar-refractivity contribution is 0.290. The van der Waals surface area contributed by atoms with Crippen molar-refractivity contribution in [1.29, 1.82) is 0 Å². The smallest absolute Gasteiger partial charge is 0.223 e. The van der Waals surface area contributed by atoms with Crippen molar-refractivity contribution in [3.8, 4) is 22.7 Å². The normalized spacial score (nSPS) is 11.6. The standard InChI is InChI=1S/C15H13N5O.C8H18/c1-16-14-5-4-13-12-3-2-11(20-17-6-7-18-20)8-10(12)9-21-15(13)19-14;1-3-5-7-8-6-4-2/h2-8H,9H2,1H3,(H,16,19);3-8H2,1-2H3. The number of aromatic nitrogens is 4. The average molecular weight is 394 g/mol. The molecule has 6 nitrogen and oxygen atoms in total. The van der Waals surface area contributed by atoms with E-state index in [-0.39, 0.29) is 0 Å². The topological polar surface area (TPSA) is 64.9 Å². The van der Waals surface area contributed by atoms with Gasteiger partial charge in [-0.25, -0.2) is 0 Å². The van der Waals surface area contributed by atoms with Crippen LogP contribution in [0.3, 0.4) is 0 Å². The Morgan fingerprint density at radius 1 is 0.931 bits per heavy atom. The molecule has 0 bridgehead atoms. The van der Waals surface area contributed by atoms with Crippen molar-refractivity contribution in [3.05, 3.63) is 48.3 Å². The molecule has 0 fully saturated rings. The minimum atomic E-state index is 0.498. The summed E-state index contributed by atoms with van der Waals surface area (Å²) in [4.78, 5) is 6.04. The highest BCUT2D eigenvalue weighted by atomic mass is 16.5. The fraction of sp³-hybridized carbons (Fsp3) is 0.435. The molecule has 0 radical (unpaired) electrons. The molecule has 6 heteroatoms. The third-order valence-corrected chi connectivity index (χ3v) is 4.97. The molecule has 1 N–H and O–H groups in total. The van der Waals surface area contributed by atoms with Gasteiger partial charge in [-0.2, -0.15) is 20.0 Å². The Kier molecular flexibility index (Phi) is 7.61. The Labute approximate surface area is 173 Å². The highest BCUT2D eigenvalue weighted by Gasteiger charge is 2.19. The van der Waals surface area contributed by atoms with Crippen molar-refractivity contribution in [2.45, 2.75) is 59.0 Å². The second-order valence-corrected chi connectivity index (χ2v) is 7.16. The molecular weight excluding hydrogens is 362 g/mol. The van der Waals surface area contributed by atoms with Gasteiger partial charge in [0.15, 0.2) is 0 Å². The molecule has 29 heavy (non-hydrogen) atoms. The molecule has 0 amide bonds. The summed E-state index contributed by atoms with van der Waals surface area (Å²) >= 11 is 0. The van der Waals surface area contributed by atoms with Crippen molar-refractivity contribution in [2.75, 3.05) is 12.4 Å². The monoisotopic (exact) mass is 393 g/mol. The third-order valence-electron chi connectivity index (χ3n) is 4.97. The lowest BCUT2D eigenvalue weighted by Crippen LogP contribution is -2.09. The van der Waals surface area contributed by atoms with E-state index in [2.05, 4.69) is 40.4 Å². The van der Waals surface area contributed by atoms with Gasteiger partial charge in [-0.05, 0) is 35.4 Å². The van der Waals surface area contributed by atoms with Gasteiger partial charge in [-0.15, -0.1) is 0 Å². The molecule has 0 saturated carbocycles. The van der Waals surface area contributed by atoms with Crippen molar-refractivity contribution < 1.29 is 4.74 Å². The molecular formula is C23H31N5O. The predicted molar refractivity (Wildman–Crippen MR) is 118 cm³/mol. The van der Waals surface area contributed by atoms with Gasteiger partial charge in [0.25, 0.3) is 0 Å². The summed E-state index contributed by atoms with van der Waals surface area (Å²) in [6.07, 6.45) is 11.8. The maximum atomic E-state index is 5.76. The summed E-state index contributed by atoms with van der Waals surface area (Å²) in [6.45, 7) is 5.01. The first-order valence-electron chi connectivity index (χ1n) is 10.6. The molecule has 0 atom stereocenters. The molecule has 154 valence electrons. The zero-order valence-electron chi connectivity index (χ0n) is 17.7. The van der Waals surface area contributed by atoms with Gasteiger partial charge in [0.05, 0.1) is 18.1 Å². The van der Waals surface area contributed by atoms with Gasteiger partial charge in [0, 0.05) is 12.6 Å². The van der Waals surface area contributed by atoms with Gasteiger partial charge < -0.3 is 10.1 Å². The number of pyridine rings is 1. The van der Waals surface area contributed by atoms with Crippen LogP contribution in [0.25, 0.3) is 16.8 Å². The Hall–Kier alpha value is -2.89. The SMILES string of the molecule is CCCCCCCC.CNc1ccc2c(n1)OCc1cc(-n3nccn3)ccc1-2. The van der Waals surface area contributed by atoms with Crippen LogP contribution in [0.2, 0.25) is 0 Å². The minimum Gasteiger partial charge on any atom is -0.472 e. The van der Waals surface area contributed by atoms with Crippen LogP contribution in [-0.2, 0) is 6.61 Å². The Morgan fingerprint density at radius 2 is 1.62 bits per heavy atom. The quantitative estimate of drug-likeness (QED) is 0.527. The van der Waals surface area contributed by atoms with Gasteiger partial charge >= 0.3 is 0 Å². The summed E-state index contributed by atoms with van der Waals surface area (Å²) < 4.78 is 5.76. The van der Waals surface area contributed by atoms with E-state index in [1.807, 2.05) is 31.3 Å². The Bertz CT molecular complexity index is 886. The molecule has 0 saturated heterocycles. The maximum Gasteiger partial charge on any atom is 0.223 e. The predicted octanol–water partition coefficient (Wildman–Crippen LogP) is 5.63. The third kappa shape index (κ3) is 5.34. The number of benzene rings is 1. The highest BCUT2D eigenvalue weighted by Crippen LogP contribution is 2.37. The van der Waals surface area contributed by atoms with Crippen LogP contribution in [0.5, 0.6) is 5.88 Å². The first-order chi connectivity index (χ1) is 14.3. The molecule has 2 aromatic heterocycles. The fourth-order valence-electron chi connectivity index (χ4n) is 3.33. The largest absolute Gasteiger partial charge is 0.472 e.